The van der Waals surface area contributed by atoms with Gasteiger partial charge < -0.3 is 9.47 Å². The molecule has 128 valence electrons. The van der Waals surface area contributed by atoms with Crippen LogP contribution in [-0.4, -0.2) is 25.2 Å². The molecule has 0 radical (unpaired) electrons. The van der Waals surface area contributed by atoms with E-state index in [1.165, 1.54) is 14.2 Å². The van der Waals surface area contributed by atoms with E-state index < -0.39 is 5.97 Å². The number of carbonyl (C=O) groups excluding carboxylic acids is 1. The second-order valence-electron chi connectivity index (χ2n) is 5.15. The molecule has 1 heterocycles. The van der Waals surface area contributed by atoms with Crippen molar-refractivity contribution in [1.82, 2.24) is 4.98 Å². The average Bonchev–Trinajstić information content (AvgIpc) is 2.63. The van der Waals surface area contributed by atoms with Crippen molar-refractivity contribution in [2.24, 2.45) is 0 Å². The molecular weight excluding hydrogens is 385 g/mol. The van der Waals surface area contributed by atoms with Crippen molar-refractivity contribution < 1.29 is 14.3 Å². The lowest BCUT2D eigenvalue weighted by molar-refractivity contribution is 0.0597. The highest BCUT2D eigenvalue weighted by molar-refractivity contribution is 6.46. The fourth-order valence-electron chi connectivity index (χ4n) is 2.48. The zero-order valence-electron chi connectivity index (χ0n) is 13.3. The number of carbonyl (C=O) groups is 1. The Bertz CT molecular complexity index is 989. The van der Waals surface area contributed by atoms with Gasteiger partial charge >= 0.3 is 5.97 Å². The van der Waals surface area contributed by atoms with Crippen LogP contribution < -0.4 is 4.74 Å². The van der Waals surface area contributed by atoms with Crippen molar-refractivity contribution in [2.45, 2.75) is 0 Å². The molecule has 3 aromatic rings. The van der Waals surface area contributed by atoms with Gasteiger partial charge in [-0.3, -0.25) is 0 Å². The van der Waals surface area contributed by atoms with Crippen molar-refractivity contribution in [3.05, 3.63) is 57.0 Å². The quantitative estimate of drug-likeness (QED) is 0.536. The van der Waals surface area contributed by atoms with Crippen LogP contribution >= 0.6 is 34.8 Å². The van der Waals surface area contributed by atoms with Gasteiger partial charge in [-0.25, -0.2) is 9.78 Å². The number of fused-ring (bicyclic) bond motifs is 1. The van der Waals surface area contributed by atoms with E-state index in [0.717, 1.165) is 0 Å². The maximum absolute atomic E-state index is 12.0. The highest BCUT2D eigenvalue weighted by Crippen LogP contribution is 2.36. The number of methoxy groups -OCH3 is 2. The highest BCUT2D eigenvalue weighted by atomic mass is 35.5. The number of aromatic nitrogens is 1. The molecule has 0 aliphatic carbocycles. The van der Waals surface area contributed by atoms with Crippen molar-refractivity contribution in [1.29, 1.82) is 0 Å². The number of ether oxygens (including phenoxy) is 2. The SMILES string of the molecule is COC(=O)c1cc(-c2cc(Cl)c3ccc(Cl)c(Cl)c3n2)ccc1OC. The summed E-state index contributed by atoms with van der Waals surface area (Å²) in [5.41, 5.74) is 2.00. The third-order valence-corrected chi connectivity index (χ3v) is 4.83. The third kappa shape index (κ3) is 3.25. The van der Waals surface area contributed by atoms with Gasteiger partial charge in [-0.15, -0.1) is 0 Å². The molecule has 1 aromatic heterocycles. The first kappa shape index (κ1) is 17.8. The Morgan fingerprint density at radius 1 is 1.00 bits per heavy atom. The topological polar surface area (TPSA) is 48.4 Å². The molecular formula is C18H12Cl3NO3. The van der Waals surface area contributed by atoms with Crippen molar-refractivity contribution in [3.63, 3.8) is 0 Å². The Balaban J connectivity index is 2.23. The Hall–Kier alpha value is -2.01. The number of hydrogen-bond acceptors (Lipinski definition) is 4. The molecule has 0 unspecified atom stereocenters. The molecule has 2 aromatic carbocycles. The van der Waals surface area contributed by atoms with Gasteiger partial charge in [0.15, 0.2) is 0 Å². The maximum Gasteiger partial charge on any atom is 0.341 e. The number of esters is 1. The van der Waals surface area contributed by atoms with Crippen LogP contribution in [0.4, 0.5) is 0 Å². The van der Waals surface area contributed by atoms with Crippen molar-refractivity contribution >= 4 is 51.7 Å². The van der Waals surface area contributed by atoms with E-state index in [-0.39, 0.29) is 5.56 Å². The Kier molecular flexibility index (Phi) is 5.04. The maximum atomic E-state index is 12.0. The predicted octanol–water partition coefficient (Wildman–Crippen LogP) is 5.66. The van der Waals surface area contributed by atoms with E-state index in [0.29, 0.717) is 43.0 Å². The van der Waals surface area contributed by atoms with Crippen LogP contribution in [0.5, 0.6) is 5.75 Å². The summed E-state index contributed by atoms with van der Waals surface area (Å²) in [5.74, 6) is -0.102. The van der Waals surface area contributed by atoms with E-state index in [1.54, 1.807) is 36.4 Å². The molecule has 3 rings (SSSR count). The molecule has 0 spiro atoms. The molecule has 0 N–H and O–H groups in total. The summed E-state index contributed by atoms with van der Waals surface area (Å²) in [6.07, 6.45) is 0. The number of nitrogens with zero attached hydrogens (tertiary/aromatic N) is 1. The molecule has 0 fully saturated rings. The normalized spacial score (nSPS) is 10.8. The zero-order valence-corrected chi connectivity index (χ0v) is 15.5. The Morgan fingerprint density at radius 3 is 2.44 bits per heavy atom. The average molecular weight is 397 g/mol. The van der Waals surface area contributed by atoms with Gasteiger partial charge in [-0.2, -0.15) is 0 Å². The zero-order chi connectivity index (χ0) is 18.1. The molecule has 0 atom stereocenters. The first-order valence-electron chi connectivity index (χ1n) is 7.17. The van der Waals surface area contributed by atoms with Crippen LogP contribution in [0.1, 0.15) is 10.4 Å². The van der Waals surface area contributed by atoms with Gasteiger partial charge in [0.05, 0.1) is 40.5 Å². The summed E-state index contributed by atoms with van der Waals surface area (Å²) in [6.45, 7) is 0. The number of halogens is 3. The number of benzene rings is 2. The summed E-state index contributed by atoms with van der Waals surface area (Å²) in [4.78, 5) is 16.5. The highest BCUT2D eigenvalue weighted by Gasteiger charge is 2.16. The summed E-state index contributed by atoms with van der Waals surface area (Å²) in [5, 5.41) is 1.89. The smallest absolute Gasteiger partial charge is 0.341 e. The van der Waals surface area contributed by atoms with E-state index >= 15 is 0 Å². The van der Waals surface area contributed by atoms with Gasteiger partial charge in [0.25, 0.3) is 0 Å². The summed E-state index contributed by atoms with van der Waals surface area (Å²) < 4.78 is 10.00. The minimum atomic E-state index is -0.508. The molecule has 0 amide bonds. The van der Waals surface area contributed by atoms with E-state index in [9.17, 15) is 4.79 Å². The summed E-state index contributed by atoms with van der Waals surface area (Å²) in [6, 6.07) is 10.2. The number of pyridine rings is 1. The second-order valence-corrected chi connectivity index (χ2v) is 6.35. The monoisotopic (exact) mass is 395 g/mol. The lowest BCUT2D eigenvalue weighted by atomic mass is 10.1. The van der Waals surface area contributed by atoms with E-state index in [2.05, 4.69) is 4.98 Å². The minimum absolute atomic E-state index is 0.290. The Morgan fingerprint density at radius 2 is 1.76 bits per heavy atom. The molecule has 4 nitrogen and oxygen atoms in total. The number of hydrogen-bond donors (Lipinski definition) is 0. The summed E-state index contributed by atoms with van der Waals surface area (Å²) in [7, 11) is 2.79. The standard InChI is InChI=1S/C18H12Cl3NO3/c1-24-15-6-3-9(7-11(15)18(23)25-2)14-8-13(20)10-4-5-12(19)16(21)17(10)22-14/h3-8H,1-2H3. The fraction of sp³-hybridized carbons (Fsp3) is 0.111. The molecule has 0 aliphatic rings. The van der Waals surface area contributed by atoms with Gasteiger partial charge in [0, 0.05) is 10.9 Å². The van der Waals surface area contributed by atoms with Crippen LogP contribution in [0.15, 0.2) is 36.4 Å². The molecule has 0 saturated carbocycles. The predicted molar refractivity (Wildman–Crippen MR) is 100 cm³/mol. The lowest BCUT2D eigenvalue weighted by Crippen LogP contribution is -2.04. The van der Waals surface area contributed by atoms with Gasteiger partial charge in [0.2, 0.25) is 0 Å². The largest absolute Gasteiger partial charge is 0.496 e. The third-order valence-electron chi connectivity index (χ3n) is 3.72. The van der Waals surface area contributed by atoms with Crippen LogP contribution in [-0.2, 0) is 4.74 Å². The molecule has 0 aliphatic heterocycles. The molecule has 0 bridgehead atoms. The first-order valence-corrected chi connectivity index (χ1v) is 8.30. The second kappa shape index (κ2) is 7.08. The van der Waals surface area contributed by atoms with Gasteiger partial charge in [0.1, 0.15) is 11.3 Å². The Labute approximate surface area is 159 Å². The van der Waals surface area contributed by atoms with Gasteiger partial charge in [-0.05, 0) is 36.4 Å². The summed E-state index contributed by atoms with van der Waals surface area (Å²) >= 11 is 18.7. The van der Waals surface area contributed by atoms with Gasteiger partial charge in [-0.1, -0.05) is 34.8 Å². The van der Waals surface area contributed by atoms with Crippen molar-refractivity contribution in [3.8, 4) is 17.0 Å². The van der Waals surface area contributed by atoms with Crippen LogP contribution in [0.3, 0.4) is 0 Å². The van der Waals surface area contributed by atoms with E-state index in [4.69, 9.17) is 44.3 Å². The van der Waals surface area contributed by atoms with E-state index in [1.807, 2.05) is 0 Å². The molecule has 7 heteroatoms. The minimum Gasteiger partial charge on any atom is -0.496 e. The van der Waals surface area contributed by atoms with Crippen molar-refractivity contribution in [2.75, 3.05) is 14.2 Å². The fourth-order valence-corrected chi connectivity index (χ4v) is 3.09. The van der Waals surface area contributed by atoms with Crippen LogP contribution in [0.25, 0.3) is 22.2 Å². The van der Waals surface area contributed by atoms with Crippen LogP contribution in [0, 0.1) is 0 Å². The molecule has 25 heavy (non-hydrogen) atoms. The molecule has 0 saturated heterocycles. The number of rotatable bonds is 3. The lowest BCUT2D eigenvalue weighted by Gasteiger charge is -2.11. The first-order chi connectivity index (χ1) is 12.0. The van der Waals surface area contributed by atoms with Crippen LogP contribution in [0.2, 0.25) is 15.1 Å².